The van der Waals surface area contributed by atoms with E-state index >= 15 is 0 Å². The molecule has 2 atom stereocenters. The fourth-order valence-electron chi connectivity index (χ4n) is 3.98. The molecule has 0 aromatic heterocycles. The molecule has 1 aliphatic heterocycles. The van der Waals surface area contributed by atoms with Crippen molar-refractivity contribution >= 4 is 11.9 Å². The van der Waals surface area contributed by atoms with Crippen molar-refractivity contribution in [1.29, 1.82) is 0 Å². The zero-order valence-electron chi connectivity index (χ0n) is 20.4. The molecule has 1 amide bonds. The van der Waals surface area contributed by atoms with Gasteiger partial charge in [-0.05, 0) is 35.2 Å². The SMILES string of the molecule is COC(=O)[C@H](Cc1ccc(OCc2ccccc2)c(OCc2ccccc2)c1)NC(=O)[C@H]1CCOC1. The van der Waals surface area contributed by atoms with E-state index in [4.69, 9.17) is 18.9 Å². The predicted molar refractivity (Wildman–Crippen MR) is 135 cm³/mol. The number of rotatable bonds is 11. The first-order valence-electron chi connectivity index (χ1n) is 12.0. The van der Waals surface area contributed by atoms with Crippen LogP contribution < -0.4 is 14.8 Å². The molecule has 1 N–H and O–H groups in total. The summed E-state index contributed by atoms with van der Waals surface area (Å²) in [4.78, 5) is 25.1. The van der Waals surface area contributed by atoms with Crippen LogP contribution in [0.4, 0.5) is 0 Å². The number of hydrogen-bond acceptors (Lipinski definition) is 6. The summed E-state index contributed by atoms with van der Waals surface area (Å²) in [5.74, 6) is 0.201. The topological polar surface area (TPSA) is 83.1 Å². The summed E-state index contributed by atoms with van der Waals surface area (Å²) in [6.45, 7) is 1.68. The third kappa shape index (κ3) is 7.09. The lowest BCUT2D eigenvalue weighted by atomic mass is 10.0. The fourth-order valence-corrected chi connectivity index (χ4v) is 3.98. The van der Waals surface area contributed by atoms with Crippen LogP contribution in [0.1, 0.15) is 23.1 Å². The number of carbonyl (C=O) groups is 2. The molecule has 0 bridgehead atoms. The Balaban J connectivity index is 1.51. The maximum atomic E-state index is 12.6. The average molecular weight is 490 g/mol. The second-order valence-corrected chi connectivity index (χ2v) is 8.68. The summed E-state index contributed by atoms with van der Waals surface area (Å²) in [6, 6.07) is 24.5. The minimum absolute atomic E-state index is 0.203. The van der Waals surface area contributed by atoms with Gasteiger partial charge >= 0.3 is 5.97 Å². The monoisotopic (exact) mass is 489 g/mol. The third-order valence-corrected chi connectivity index (χ3v) is 6.02. The molecule has 4 rings (SSSR count). The lowest BCUT2D eigenvalue weighted by Crippen LogP contribution is -2.45. The molecule has 36 heavy (non-hydrogen) atoms. The normalized spacial score (nSPS) is 15.6. The van der Waals surface area contributed by atoms with Crippen LogP contribution in [0, 0.1) is 5.92 Å². The van der Waals surface area contributed by atoms with Crippen LogP contribution in [-0.2, 0) is 38.7 Å². The third-order valence-electron chi connectivity index (χ3n) is 6.02. The van der Waals surface area contributed by atoms with E-state index in [1.54, 1.807) is 0 Å². The highest BCUT2D eigenvalue weighted by molar-refractivity contribution is 5.86. The number of methoxy groups -OCH3 is 1. The highest BCUT2D eigenvalue weighted by Gasteiger charge is 2.29. The zero-order chi connectivity index (χ0) is 25.2. The smallest absolute Gasteiger partial charge is 0.328 e. The molecule has 1 fully saturated rings. The van der Waals surface area contributed by atoms with Crippen molar-refractivity contribution in [2.75, 3.05) is 20.3 Å². The lowest BCUT2D eigenvalue weighted by Gasteiger charge is -2.20. The van der Waals surface area contributed by atoms with Crippen LogP contribution in [0.2, 0.25) is 0 Å². The van der Waals surface area contributed by atoms with Crippen molar-refractivity contribution in [2.24, 2.45) is 5.92 Å². The van der Waals surface area contributed by atoms with Gasteiger partial charge in [0.05, 0.1) is 19.6 Å². The Morgan fingerprint density at radius 2 is 1.53 bits per heavy atom. The Morgan fingerprint density at radius 1 is 0.889 bits per heavy atom. The van der Waals surface area contributed by atoms with Gasteiger partial charge in [-0.1, -0.05) is 66.7 Å². The van der Waals surface area contributed by atoms with E-state index in [9.17, 15) is 9.59 Å². The molecule has 1 aliphatic rings. The quantitative estimate of drug-likeness (QED) is 0.409. The molecule has 0 unspecified atom stereocenters. The molecule has 7 nitrogen and oxygen atoms in total. The van der Waals surface area contributed by atoms with Crippen LogP contribution in [0.15, 0.2) is 78.9 Å². The Hall–Kier alpha value is -3.84. The highest BCUT2D eigenvalue weighted by Crippen LogP contribution is 2.31. The molecular formula is C29H31NO6. The molecule has 1 heterocycles. The Bertz CT molecular complexity index is 1130. The standard InChI is InChI=1S/C29H31NO6/c1-33-29(32)25(30-28(31)24-14-15-34-20-24)16-23-12-13-26(35-18-21-8-4-2-5-9-21)27(17-23)36-19-22-10-6-3-7-11-22/h2-13,17,24-25H,14-16,18-20H2,1H3,(H,30,31)/t24-,25-/m0/s1. The fraction of sp³-hybridized carbons (Fsp3) is 0.310. The molecular weight excluding hydrogens is 458 g/mol. The van der Waals surface area contributed by atoms with Crippen molar-refractivity contribution in [3.8, 4) is 11.5 Å². The molecule has 3 aromatic rings. The van der Waals surface area contributed by atoms with Crippen molar-refractivity contribution in [3.05, 3.63) is 95.6 Å². The van der Waals surface area contributed by atoms with Crippen LogP contribution in [0.5, 0.6) is 11.5 Å². The van der Waals surface area contributed by atoms with E-state index < -0.39 is 12.0 Å². The van der Waals surface area contributed by atoms with Crippen LogP contribution in [0.3, 0.4) is 0 Å². The van der Waals surface area contributed by atoms with E-state index in [0.29, 0.717) is 44.3 Å². The van der Waals surface area contributed by atoms with Gasteiger partial charge in [0.15, 0.2) is 11.5 Å². The lowest BCUT2D eigenvalue weighted by molar-refractivity contribution is -0.145. The van der Waals surface area contributed by atoms with Gasteiger partial charge in [0, 0.05) is 13.0 Å². The van der Waals surface area contributed by atoms with Gasteiger partial charge in [-0.2, -0.15) is 0 Å². The molecule has 0 radical (unpaired) electrons. The first-order chi connectivity index (χ1) is 17.6. The predicted octanol–water partition coefficient (Wildman–Crippen LogP) is 4.08. The highest BCUT2D eigenvalue weighted by atomic mass is 16.5. The Labute approximate surface area is 211 Å². The molecule has 7 heteroatoms. The maximum Gasteiger partial charge on any atom is 0.328 e. The minimum Gasteiger partial charge on any atom is -0.485 e. The Kier molecular flexibility index (Phi) is 8.94. The summed E-state index contributed by atoms with van der Waals surface area (Å²) in [5, 5.41) is 2.83. The maximum absolute atomic E-state index is 12.6. The molecule has 3 aromatic carbocycles. The van der Waals surface area contributed by atoms with Gasteiger partial charge in [0.2, 0.25) is 5.91 Å². The first-order valence-corrected chi connectivity index (χ1v) is 12.0. The number of benzene rings is 3. The van der Waals surface area contributed by atoms with E-state index in [1.807, 2.05) is 78.9 Å². The number of carbonyl (C=O) groups excluding carboxylic acids is 2. The zero-order valence-corrected chi connectivity index (χ0v) is 20.4. The Morgan fingerprint density at radius 3 is 2.11 bits per heavy atom. The first kappa shape index (κ1) is 25.3. The summed E-state index contributed by atoms with van der Waals surface area (Å²) >= 11 is 0. The molecule has 188 valence electrons. The van der Waals surface area contributed by atoms with Gasteiger partial charge in [0.1, 0.15) is 19.3 Å². The number of ether oxygens (including phenoxy) is 4. The molecule has 0 aliphatic carbocycles. The second kappa shape index (κ2) is 12.7. The van der Waals surface area contributed by atoms with Gasteiger partial charge in [0.25, 0.3) is 0 Å². The molecule has 0 saturated carbocycles. The van der Waals surface area contributed by atoms with Crippen molar-refractivity contribution < 1.29 is 28.5 Å². The number of hydrogen-bond donors (Lipinski definition) is 1. The van der Waals surface area contributed by atoms with Gasteiger partial charge in [-0.25, -0.2) is 4.79 Å². The largest absolute Gasteiger partial charge is 0.485 e. The van der Waals surface area contributed by atoms with Gasteiger partial charge in [-0.3, -0.25) is 4.79 Å². The molecule has 1 saturated heterocycles. The number of nitrogens with one attached hydrogen (secondary N) is 1. The minimum atomic E-state index is -0.818. The van der Waals surface area contributed by atoms with Crippen LogP contribution >= 0.6 is 0 Å². The second-order valence-electron chi connectivity index (χ2n) is 8.68. The summed E-state index contributed by atoms with van der Waals surface area (Å²) in [6.07, 6.45) is 0.900. The van der Waals surface area contributed by atoms with Crippen molar-refractivity contribution in [3.63, 3.8) is 0 Å². The summed E-state index contributed by atoms with van der Waals surface area (Å²) in [7, 11) is 1.31. The van der Waals surface area contributed by atoms with Crippen LogP contribution in [0.25, 0.3) is 0 Å². The van der Waals surface area contributed by atoms with Gasteiger partial charge < -0.3 is 24.3 Å². The van der Waals surface area contributed by atoms with E-state index in [1.165, 1.54) is 7.11 Å². The van der Waals surface area contributed by atoms with Crippen molar-refractivity contribution in [1.82, 2.24) is 5.32 Å². The van der Waals surface area contributed by atoms with Crippen LogP contribution in [-0.4, -0.2) is 38.2 Å². The number of esters is 1. The molecule has 0 spiro atoms. The summed E-state index contributed by atoms with van der Waals surface area (Å²) < 4.78 is 22.5. The number of amides is 1. The average Bonchev–Trinajstić information content (AvgIpc) is 3.47. The van der Waals surface area contributed by atoms with E-state index in [0.717, 1.165) is 16.7 Å². The van der Waals surface area contributed by atoms with E-state index in [-0.39, 0.29) is 18.2 Å². The van der Waals surface area contributed by atoms with Gasteiger partial charge in [-0.15, -0.1) is 0 Å². The van der Waals surface area contributed by atoms with Crippen molar-refractivity contribution in [2.45, 2.75) is 32.1 Å². The summed E-state index contributed by atoms with van der Waals surface area (Å²) in [5.41, 5.74) is 2.87. The van der Waals surface area contributed by atoms with E-state index in [2.05, 4.69) is 5.32 Å².